The number of rotatable bonds is 0. The van der Waals surface area contributed by atoms with Crippen molar-refractivity contribution in [1.82, 2.24) is 10.7 Å². The van der Waals surface area contributed by atoms with Gasteiger partial charge in [-0.25, -0.2) is 5.43 Å². The van der Waals surface area contributed by atoms with Crippen molar-refractivity contribution in [1.29, 1.82) is 0 Å². The van der Waals surface area contributed by atoms with Gasteiger partial charge in [0.15, 0.2) is 0 Å². The second-order valence-electron chi connectivity index (χ2n) is 2.21. The van der Waals surface area contributed by atoms with E-state index in [4.69, 9.17) is 0 Å². The molecule has 4 nitrogen and oxygen atoms in total. The van der Waals surface area contributed by atoms with Crippen LogP contribution in [0.15, 0.2) is 10.1 Å². The average Bonchev–Trinajstić information content (AvgIpc) is 2.14. The number of nitrogens with zero attached hydrogens (tertiary/aromatic N) is 2. The van der Waals surface area contributed by atoms with Crippen LogP contribution >= 0.6 is 0 Å². The molecule has 1 heterocycles. The Morgan fingerprint density at radius 1 is 1.60 bits per heavy atom. The summed E-state index contributed by atoms with van der Waals surface area (Å²) in [4.78, 5) is 3.93. The van der Waals surface area contributed by atoms with Crippen LogP contribution in [0.2, 0.25) is 0 Å². The minimum atomic E-state index is 0.747. The van der Waals surface area contributed by atoms with Gasteiger partial charge in [0.25, 0.3) is 0 Å². The first kappa shape index (κ1) is 7.05. The van der Waals surface area contributed by atoms with Crippen molar-refractivity contribution in [3.05, 3.63) is 0 Å². The lowest BCUT2D eigenvalue weighted by Crippen LogP contribution is -2.32. The van der Waals surface area contributed by atoms with Gasteiger partial charge in [-0.15, -0.1) is 0 Å². The number of aliphatic imine (C=N–C) groups is 1. The van der Waals surface area contributed by atoms with E-state index in [9.17, 15) is 0 Å². The van der Waals surface area contributed by atoms with Crippen LogP contribution in [0.1, 0.15) is 13.3 Å². The molecule has 1 aliphatic heterocycles. The van der Waals surface area contributed by atoms with E-state index in [2.05, 4.69) is 20.8 Å². The fraction of sp³-hybridized carbons (Fsp3) is 0.667. The van der Waals surface area contributed by atoms with Gasteiger partial charge < -0.3 is 5.32 Å². The molecular weight excluding hydrogens is 128 g/mol. The molecule has 1 aliphatic rings. The second kappa shape index (κ2) is 3.20. The first-order valence-corrected chi connectivity index (χ1v) is 3.33. The molecule has 0 radical (unpaired) electrons. The van der Waals surface area contributed by atoms with E-state index in [0.29, 0.717) is 0 Å². The van der Waals surface area contributed by atoms with Gasteiger partial charge in [0.05, 0.1) is 0 Å². The lowest BCUT2D eigenvalue weighted by molar-refractivity contribution is 0.883. The molecule has 56 valence electrons. The lowest BCUT2D eigenvalue weighted by atomic mass is 10.3. The van der Waals surface area contributed by atoms with Gasteiger partial charge >= 0.3 is 0 Å². The van der Waals surface area contributed by atoms with Crippen molar-refractivity contribution in [2.45, 2.75) is 13.3 Å². The lowest BCUT2D eigenvalue weighted by Gasteiger charge is -2.01. The van der Waals surface area contributed by atoms with Crippen molar-refractivity contribution in [2.24, 2.45) is 10.1 Å². The van der Waals surface area contributed by atoms with Crippen molar-refractivity contribution in [3.8, 4) is 0 Å². The normalized spacial score (nSPS) is 22.6. The molecule has 0 aromatic heterocycles. The topological polar surface area (TPSA) is 48.8 Å². The molecule has 0 saturated heterocycles. The maximum atomic E-state index is 4.05. The molecule has 4 heteroatoms. The number of hydrazone groups is 1. The summed E-state index contributed by atoms with van der Waals surface area (Å²) in [6, 6.07) is 0. The number of guanidine groups is 1. The largest absolute Gasteiger partial charge is 0.355 e. The van der Waals surface area contributed by atoms with Crippen molar-refractivity contribution >= 4 is 11.7 Å². The Morgan fingerprint density at radius 2 is 2.40 bits per heavy atom. The Bertz CT molecular complexity index is 171. The molecule has 0 saturated carbocycles. The zero-order chi connectivity index (χ0) is 7.40. The van der Waals surface area contributed by atoms with Gasteiger partial charge in [-0.05, 0) is 6.92 Å². The van der Waals surface area contributed by atoms with Crippen molar-refractivity contribution in [2.75, 3.05) is 13.6 Å². The highest BCUT2D eigenvalue weighted by molar-refractivity contribution is 5.87. The van der Waals surface area contributed by atoms with Crippen LogP contribution in [0, 0.1) is 0 Å². The molecule has 0 unspecified atom stereocenters. The molecule has 0 aromatic carbocycles. The molecule has 2 N–H and O–H groups in total. The molecule has 0 aromatic rings. The van der Waals surface area contributed by atoms with Crippen LogP contribution in [0.4, 0.5) is 0 Å². The molecule has 1 rings (SSSR count). The molecule has 0 bridgehead atoms. The monoisotopic (exact) mass is 140 g/mol. The van der Waals surface area contributed by atoms with E-state index < -0.39 is 0 Å². The van der Waals surface area contributed by atoms with Crippen LogP contribution < -0.4 is 10.7 Å². The highest BCUT2D eigenvalue weighted by atomic mass is 15.4. The number of hydrogen-bond donors (Lipinski definition) is 2. The van der Waals surface area contributed by atoms with Gasteiger partial charge in [-0.3, -0.25) is 4.99 Å². The zero-order valence-corrected chi connectivity index (χ0v) is 6.31. The standard InChI is InChI=1S/C6H12N4/c1-5-3-4-8-6(7-2)10-9-5/h3-4H2,1-2H3,(H2,7,8,10). The van der Waals surface area contributed by atoms with Crippen molar-refractivity contribution in [3.63, 3.8) is 0 Å². The van der Waals surface area contributed by atoms with E-state index in [0.717, 1.165) is 24.6 Å². The average molecular weight is 140 g/mol. The summed E-state index contributed by atoms with van der Waals surface area (Å²) < 4.78 is 0. The first-order chi connectivity index (χ1) is 4.83. The van der Waals surface area contributed by atoms with Gasteiger partial charge in [0.2, 0.25) is 5.96 Å². The molecule has 0 atom stereocenters. The molecule has 0 spiro atoms. The summed E-state index contributed by atoms with van der Waals surface area (Å²) in [7, 11) is 1.73. The zero-order valence-electron chi connectivity index (χ0n) is 6.31. The summed E-state index contributed by atoms with van der Waals surface area (Å²) in [5.41, 5.74) is 3.91. The van der Waals surface area contributed by atoms with Gasteiger partial charge in [-0.2, -0.15) is 5.10 Å². The smallest absolute Gasteiger partial charge is 0.211 e. The summed E-state index contributed by atoms with van der Waals surface area (Å²) >= 11 is 0. The van der Waals surface area contributed by atoms with E-state index in [1.165, 1.54) is 0 Å². The summed E-state index contributed by atoms with van der Waals surface area (Å²) in [6.45, 7) is 2.91. The Labute approximate surface area is 60.4 Å². The van der Waals surface area contributed by atoms with Gasteiger partial charge in [0, 0.05) is 25.7 Å². The molecule has 0 fully saturated rings. The molecule has 0 amide bonds. The van der Waals surface area contributed by atoms with Crippen molar-refractivity contribution < 1.29 is 0 Å². The number of nitrogens with one attached hydrogen (secondary N) is 2. The minimum absolute atomic E-state index is 0.747. The molecule has 10 heavy (non-hydrogen) atoms. The first-order valence-electron chi connectivity index (χ1n) is 3.33. The van der Waals surface area contributed by atoms with Crippen LogP contribution in [-0.2, 0) is 0 Å². The molecular formula is C6H12N4. The quantitative estimate of drug-likeness (QED) is 0.495. The predicted octanol–water partition coefficient (Wildman–Crippen LogP) is -0.0690. The van der Waals surface area contributed by atoms with Crippen LogP contribution in [0.25, 0.3) is 0 Å². The SMILES string of the molecule is CN=C1NCCC(C)=NN1. The Morgan fingerprint density at radius 3 is 3.10 bits per heavy atom. The Hall–Kier alpha value is -1.06. The predicted molar refractivity (Wildman–Crippen MR) is 42.2 cm³/mol. The number of hydrogen-bond acceptors (Lipinski definition) is 2. The van der Waals surface area contributed by atoms with Crippen LogP contribution in [0.5, 0.6) is 0 Å². The Balaban J connectivity index is 2.57. The van der Waals surface area contributed by atoms with E-state index in [1.807, 2.05) is 6.92 Å². The molecule has 0 aliphatic carbocycles. The summed E-state index contributed by atoms with van der Waals surface area (Å²) in [6.07, 6.45) is 0.978. The minimum Gasteiger partial charge on any atom is -0.355 e. The van der Waals surface area contributed by atoms with Crippen LogP contribution in [0.3, 0.4) is 0 Å². The van der Waals surface area contributed by atoms with E-state index in [1.54, 1.807) is 7.05 Å². The van der Waals surface area contributed by atoms with E-state index in [-0.39, 0.29) is 0 Å². The summed E-state index contributed by atoms with van der Waals surface area (Å²) in [5.74, 6) is 0.747. The van der Waals surface area contributed by atoms with Gasteiger partial charge in [0.1, 0.15) is 0 Å². The highest BCUT2D eigenvalue weighted by Crippen LogP contribution is 1.86. The maximum Gasteiger partial charge on any atom is 0.211 e. The fourth-order valence-electron chi connectivity index (χ4n) is 0.735. The summed E-state index contributed by atoms with van der Waals surface area (Å²) in [5, 5.41) is 7.14. The second-order valence-corrected chi connectivity index (χ2v) is 2.21. The third kappa shape index (κ3) is 1.72. The Kier molecular flexibility index (Phi) is 2.25. The third-order valence-corrected chi connectivity index (χ3v) is 1.36. The maximum absolute atomic E-state index is 4.05. The van der Waals surface area contributed by atoms with Gasteiger partial charge in [-0.1, -0.05) is 0 Å². The fourth-order valence-corrected chi connectivity index (χ4v) is 0.735. The van der Waals surface area contributed by atoms with Crippen LogP contribution in [-0.4, -0.2) is 25.3 Å². The van der Waals surface area contributed by atoms with E-state index >= 15 is 0 Å². The highest BCUT2D eigenvalue weighted by Gasteiger charge is 2.00. The third-order valence-electron chi connectivity index (χ3n) is 1.36.